The van der Waals surface area contributed by atoms with Gasteiger partial charge in [0.15, 0.2) is 0 Å². The molecule has 9 heteroatoms. The van der Waals surface area contributed by atoms with Crippen LogP contribution in [-0.4, -0.2) is 52.1 Å². The summed E-state index contributed by atoms with van der Waals surface area (Å²) in [6, 6.07) is 17.1. The summed E-state index contributed by atoms with van der Waals surface area (Å²) in [7, 11) is 3.39. The monoisotopic (exact) mass is 528 g/mol. The van der Waals surface area contributed by atoms with Crippen molar-refractivity contribution in [1.29, 1.82) is 0 Å². The van der Waals surface area contributed by atoms with Crippen LogP contribution in [0.3, 0.4) is 0 Å². The second kappa shape index (κ2) is 12.4. The normalized spacial score (nSPS) is 12.5. The maximum absolute atomic E-state index is 14.0. The molecule has 2 heterocycles. The van der Waals surface area contributed by atoms with Crippen molar-refractivity contribution in [3.8, 4) is 11.1 Å². The minimum Gasteiger partial charge on any atom is -0.347 e. The van der Waals surface area contributed by atoms with Gasteiger partial charge in [0.2, 0.25) is 11.8 Å². The summed E-state index contributed by atoms with van der Waals surface area (Å²) in [4.78, 5) is 31.2. The first-order chi connectivity index (χ1) is 18.7. The fraction of sp³-hybridized carbons (Fsp3) is 0.267. The summed E-state index contributed by atoms with van der Waals surface area (Å²) in [6.07, 6.45) is 5.07. The molecule has 4 rings (SSSR count). The van der Waals surface area contributed by atoms with Crippen LogP contribution in [0.2, 0.25) is 0 Å². The van der Waals surface area contributed by atoms with Crippen LogP contribution < -0.4 is 10.6 Å². The minimum atomic E-state index is -0.775. The summed E-state index contributed by atoms with van der Waals surface area (Å²) >= 11 is 0. The van der Waals surface area contributed by atoms with Gasteiger partial charge in [0.25, 0.3) is 0 Å². The van der Waals surface area contributed by atoms with E-state index in [4.69, 9.17) is 0 Å². The lowest BCUT2D eigenvalue weighted by molar-refractivity contribution is -0.129. The molecular formula is C30H33FN6O2. The quantitative estimate of drug-likeness (QED) is 0.315. The second-order valence-electron chi connectivity index (χ2n) is 9.84. The van der Waals surface area contributed by atoms with Crippen molar-refractivity contribution in [2.75, 3.05) is 26.0 Å². The number of aromatic nitrogens is 3. The topological polar surface area (TPSA) is 92.2 Å². The number of pyridine rings is 1. The van der Waals surface area contributed by atoms with Crippen LogP contribution in [0.25, 0.3) is 11.1 Å². The summed E-state index contributed by atoms with van der Waals surface area (Å²) in [6.45, 7) is 4.78. The zero-order chi connectivity index (χ0) is 27.9. The van der Waals surface area contributed by atoms with Gasteiger partial charge < -0.3 is 15.5 Å². The maximum atomic E-state index is 14.0. The van der Waals surface area contributed by atoms with E-state index in [0.717, 1.165) is 16.7 Å². The molecule has 0 saturated heterocycles. The first kappa shape index (κ1) is 27.7. The van der Waals surface area contributed by atoms with E-state index >= 15 is 0 Å². The molecule has 4 aromatic rings. The number of amides is 2. The van der Waals surface area contributed by atoms with Crippen LogP contribution in [0.4, 0.5) is 10.2 Å². The third-order valence-electron chi connectivity index (χ3n) is 6.50. The average Bonchev–Trinajstić information content (AvgIpc) is 3.38. The highest BCUT2D eigenvalue weighted by Gasteiger charge is 2.22. The van der Waals surface area contributed by atoms with E-state index < -0.39 is 11.9 Å². The van der Waals surface area contributed by atoms with Crippen molar-refractivity contribution >= 4 is 17.6 Å². The molecule has 0 saturated carbocycles. The zero-order valence-corrected chi connectivity index (χ0v) is 22.6. The number of anilines is 1. The second-order valence-corrected chi connectivity index (χ2v) is 9.84. The molecule has 2 amide bonds. The molecule has 0 radical (unpaired) electrons. The third-order valence-corrected chi connectivity index (χ3v) is 6.50. The molecule has 0 aliphatic heterocycles. The summed E-state index contributed by atoms with van der Waals surface area (Å²) in [5, 5.41) is 10.4. The summed E-state index contributed by atoms with van der Waals surface area (Å²) < 4.78 is 15.6. The van der Waals surface area contributed by atoms with Gasteiger partial charge in [-0.15, -0.1) is 0 Å². The molecule has 8 nitrogen and oxygen atoms in total. The number of halogens is 1. The van der Waals surface area contributed by atoms with Crippen molar-refractivity contribution in [3.05, 3.63) is 102 Å². The molecule has 2 aromatic heterocycles. The van der Waals surface area contributed by atoms with Crippen molar-refractivity contribution in [1.82, 2.24) is 25.0 Å². The number of benzene rings is 2. The van der Waals surface area contributed by atoms with Crippen LogP contribution in [0.1, 0.15) is 35.6 Å². The van der Waals surface area contributed by atoms with E-state index in [1.54, 1.807) is 55.6 Å². The highest BCUT2D eigenvalue weighted by molar-refractivity contribution is 5.95. The third kappa shape index (κ3) is 7.36. The lowest BCUT2D eigenvalue weighted by Gasteiger charge is -2.21. The van der Waals surface area contributed by atoms with Crippen LogP contribution in [0, 0.1) is 12.7 Å². The van der Waals surface area contributed by atoms with Crippen molar-refractivity contribution < 1.29 is 14.0 Å². The smallest absolute Gasteiger partial charge is 0.247 e. The van der Waals surface area contributed by atoms with E-state index in [1.165, 1.54) is 22.6 Å². The lowest BCUT2D eigenvalue weighted by Crippen LogP contribution is -2.35. The number of hydrogen-bond acceptors (Lipinski definition) is 5. The molecule has 202 valence electrons. The molecule has 0 aliphatic rings. The number of likely N-dealkylation sites (N-methyl/N-ethyl adjacent to an activating group) is 1. The standard InChI is InChI=1S/C30H33FN6O2/c1-20-8-10-22(11-9-20)21(2)15-33-29(23-6-5-7-26(31)14-23)30(39)35-27-13-12-24(16-32-27)25-17-34-37(18-25)19-28(38)36(3)4/h5-14,16-18,21,29,33H,15,19H2,1-4H3,(H,32,35,39)/t21?,29-/m0/s1. The summed E-state index contributed by atoms with van der Waals surface area (Å²) in [5.74, 6) is -0.300. The first-order valence-electron chi connectivity index (χ1n) is 12.7. The SMILES string of the molecule is Cc1ccc(C(C)CN[C@H](C(=O)Nc2ccc(-c3cnn(CC(=O)N(C)C)c3)cn2)c2cccc(F)c2)cc1. The Bertz CT molecular complexity index is 1420. The highest BCUT2D eigenvalue weighted by Crippen LogP contribution is 2.22. The van der Waals surface area contributed by atoms with Crippen LogP contribution in [-0.2, 0) is 16.1 Å². The van der Waals surface area contributed by atoms with E-state index in [2.05, 4.69) is 51.9 Å². The number of hydrogen-bond donors (Lipinski definition) is 2. The van der Waals surface area contributed by atoms with Crippen LogP contribution >= 0.6 is 0 Å². The van der Waals surface area contributed by atoms with Gasteiger partial charge >= 0.3 is 0 Å². The molecule has 0 aliphatic carbocycles. The van der Waals surface area contributed by atoms with E-state index in [-0.39, 0.29) is 24.3 Å². The minimum absolute atomic E-state index is 0.0597. The van der Waals surface area contributed by atoms with Crippen molar-refractivity contribution in [2.24, 2.45) is 0 Å². The largest absolute Gasteiger partial charge is 0.347 e. The number of carbonyl (C=O) groups excluding carboxylic acids is 2. The average molecular weight is 529 g/mol. The van der Waals surface area contributed by atoms with Gasteiger partial charge in [-0.3, -0.25) is 14.3 Å². The highest BCUT2D eigenvalue weighted by atomic mass is 19.1. The predicted molar refractivity (Wildman–Crippen MR) is 150 cm³/mol. The van der Waals surface area contributed by atoms with Gasteiger partial charge in [0, 0.05) is 44.2 Å². The van der Waals surface area contributed by atoms with Gasteiger partial charge in [0.1, 0.15) is 24.2 Å². The number of rotatable bonds is 10. The fourth-order valence-corrected chi connectivity index (χ4v) is 4.07. The zero-order valence-electron chi connectivity index (χ0n) is 22.6. The predicted octanol–water partition coefficient (Wildman–Crippen LogP) is 4.55. The molecular weight excluding hydrogens is 495 g/mol. The first-order valence-corrected chi connectivity index (χ1v) is 12.7. The van der Waals surface area contributed by atoms with Gasteiger partial charge in [-0.25, -0.2) is 9.37 Å². The lowest BCUT2D eigenvalue weighted by atomic mass is 9.98. The number of nitrogens with one attached hydrogen (secondary N) is 2. The Morgan fingerprint density at radius 1 is 1.00 bits per heavy atom. The number of carbonyl (C=O) groups is 2. The van der Waals surface area contributed by atoms with Crippen LogP contribution in [0.15, 0.2) is 79.3 Å². The maximum Gasteiger partial charge on any atom is 0.247 e. The van der Waals surface area contributed by atoms with Gasteiger partial charge in [-0.05, 0) is 48.2 Å². The molecule has 0 fully saturated rings. The van der Waals surface area contributed by atoms with Gasteiger partial charge in [-0.2, -0.15) is 5.10 Å². The molecule has 2 N–H and O–H groups in total. The Hall–Kier alpha value is -4.37. The Kier molecular flexibility index (Phi) is 8.83. The molecule has 39 heavy (non-hydrogen) atoms. The van der Waals surface area contributed by atoms with Crippen molar-refractivity contribution in [3.63, 3.8) is 0 Å². The van der Waals surface area contributed by atoms with Crippen molar-refractivity contribution in [2.45, 2.75) is 32.4 Å². The Morgan fingerprint density at radius 2 is 1.77 bits per heavy atom. The Labute approximate surface area is 227 Å². The van der Waals surface area contributed by atoms with E-state index in [0.29, 0.717) is 17.9 Å². The molecule has 0 bridgehead atoms. The van der Waals surface area contributed by atoms with E-state index in [1.807, 2.05) is 13.0 Å². The molecule has 0 spiro atoms. The Balaban J connectivity index is 1.45. The molecule has 2 aromatic carbocycles. The van der Waals surface area contributed by atoms with Crippen LogP contribution in [0.5, 0.6) is 0 Å². The Morgan fingerprint density at radius 3 is 2.44 bits per heavy atom. The number of nitrogens with zero attached hydrogens (tertiary/aromatic N) is 4. The number of aryl methyl sites for hydroxylation is 1. The van der Waals surface area contributed by atoms with Gasteiger partial charge in [0.05, 0.1) is 6.20 Å². The molecule has 1 unspecified atom stereocenters. The fourth-order valence-electron chi connectivity index (χ4n) is 4.07. The summed E-state index contributed by atoms with van der Waals surface area (Å²) in [5.41, 5.74) is 4.46. The van der Waals surface area contributed by atoms with Gasteiger partial charge in [-0.1, -0.05) is 48.9 Å². The van der Waals surface area contributed by atoms with E-state index in [9.17, 15) is 14.0 Å². The molecule has 2 atom stereocenters.